The molecule has 2 aromatic carbocycles. The second kappa shape index (κ2) is 8.64. The number of rotatable bonds is 5. The summed E-state index contributed by atoms with van der Waals surface area (Å²) in [4.78, 5) is 25.2. The van der Waals surface area contributed by atoms with Crippen LogP contribution in [0.25, 0.3) is 0 Å². The van der Waals surface area contributed by atoms with E-state index in [9.17, 15) is 14.0 Å². The topological polar surface area (TPSA) is 81.7 Å². The molecule has 0 aliphatic carbocycles. The van der Waals surface area contributed by atoms with Crippen molar-refractivity contribution in [1.29, 1.82) is 0 Å². The Hall–Kier alpha value is -2.93. The molecule has 2 amide bonds. The maximum absolute atomic E-state index is 12.9. The Balaban J connectivity index is 1.42. The maximum Gasteiger partial charge on any atom is 0.335 e. The molecular weight excluding hydrogens is 349 g/mol. The van der Waals surface area contributed by atoms with Crippen molar-refractivity contribution in [1.82, 2.24) is 10.2 Å². The number of urea groups is 1. The average Bonchev–Trinajstić information content (AvgIpc) is 2.66. The molecule has 1 aliphatic heterocycles. The van der Waals surface area contributed by atoms with Crippen LogP contribution in [0.3, 0.4) is 0 Å². The summed E-state index contributed by atoms with van der Waals surface area (Å²) in [5, 5.41) is 14.6. The first kappa shape index (κ1) is 18.8. The van der Waals surface area contributed by atoms with Crippen molar-refractivity contribution in [3.05, 3.63) is 65.5 Å². The van der Waals surface area contributed by atoms with Gasteiger partial charge in [0.1, 0.15) is 5.82 Å². The van der Waals surface area contributed by atoms with Gasteiger partial charge in [-0.3, -0.25) is 4.90 Å². The van der Waals surface area contributed by atoms with Crippen LogP contribution in [0.5, 0.6) is 0 Å². The van der Waals surface area contributed by atoms with E-state index in [4.69, 9.17) is 5.11 Å². The second-order valence-corrected chi connectivity index (χ2v) is 6.66. The first-order valence-corrected chi connectivity index (χ1v) is 8.87. The van der Waals surface area contributed by atoms with Gasteiger partial charge in [-0.1, -0.05) is 12.1 Å². The number of benzene rings is 2. The Labute approximate surface area is 157 Å². The predicted octanol–water partition coefficient (Wildman–Crippen LogP) is 3.31. The van der Waals surface area contributed by atoms with E-state index in [1.807, 2.05) is 12.1 Å². The van der Waals surface area contributed by atoms with Crippen LogP contribution in [0, 0.1) is 5.82 Å². The number of carboxylic acids is 1. The molecule has 142 valence electrons. The summed E-state index contributed by atoms with van der Waals surface area (Å²) in [6.45, 7) is 2.46. The van der Waals surface area contributed by atoms with Crippen LogP contribution in [-0.2, 0) is 6.54 Å². The largest absolute Gasteiger partial charge is 0.478 e. The SMILES string of the molecule is O=C(Nc1ccc(F)cc1)NC1CCN(Cc2ccc(C(=O)O)cc2)CC1. The lowest BCUT2D eigenvalue weighted by Gasteiger charge is -2.32. The second-order valence-electron chi connectivity index (χ2n) is 6.66. The van der Waals surface area contributed by atoms with E-state index in [1.165, 1.54) is 24.3 Å². The van der Waals surface area contributed by atoms with E-state index in [1.54, 1.807) is 12.1 Å². The van der Waals surface area contributed by atoms with E-state index < -0.39 is 5.97 Å². The molecule has 0 spiro atoms. The standard InChI is InChI=1S/C20H22FN3O3/c21-16-5-7-17(8-6-16)22-20(27)23-18-9-11-24(12-10-18)13-14-1-3-15(4-2-14)19(25)26/h1-8,18H,9-13H2,(H,25,26)(H2,22,23,27). The van der Waals surface area contributed by atoms with Crippen LogP contribution in [0.1, 0.15) is 28.8 Å². The summed E-state index contributed by atoms with van der Waals surface area (Å²) in [5.74, 6) is -1.27. The molecule has 0 unspecified atom stereocenters. The number of nitrogens with zero attached hydrogens (tertiary/aromatic N) is 1. The Morgan fingerprint density at radius 3 is 2.26 bits per heavy atom. The van der Waals surface area contributed by atoms with Crippen molar-refractivity contribution >= 4 is 17.7 Å². The van der Waals surface area contributed by atoms with Crippen molar-refractivity contribution in [2.75, 3.05) is 18.4 Å². The third-order valence-electron chi connectivity index (χ3n) is 4.63. The molecule has 0 bridgehead atoms. The summed E-state index contributed by atoms with van der Waals surface area (Å²) in [5.41, 5.74) is 1.91. The number of hydrogen-bond donors (Lipinski definition) is 3. The summed E-state index contributed by atoms with van der Waals surface area (Å²) in [6, 6.07) is 12.4. The van der Waals surface area contributed by atoms with Crippen LogP contribution >= 0.6 is 0 Å². The Bertz CT molecular complexity index is 785. The Morgan fingerprint density at radius 2 is 1.67 bits per heavy atom. The van der Waals surface area contributed by atoms with Crippen molar-refractivity contribution in [2.24, 2.45) is 0 Å². The lowest BCUT2D eigenvalue weighted by molar-refractivity contribution is 0.0697. The lowest BCUT2D eigenvalue weighted by Crippen LogP contribution is -2.45. The third kappa shape index (κ3) is 5.52. The quantitative estimate of drug-likeness (QED) is 0.753. The smallest absolute Gasteiger partial charge is 0.335 e. The molecule has 0 aromatic heterocycles. The van der Waals surface area contributed by atoms with Gasteiger partial charge in [-0.05, 0) is 54.8 Å². The van der Waals surface area contributed by atoms with Crippen LogP contribution < -0.4 is 10.6 Å². The van der Waals surface area contributed by atoms with Crippen molar-refractivity contribution in [3.8, 4) is 0 Å². The van der Waals surface area contributed by atoms with Gasteiger partial charge in [-0.2, -0.15) is 0 Å². The van der Waals surface area contributed by atoms with Gasteiger partial charge >= 0.3 is 12.0 Å². The monoisotopic (exact) mass is 371 g/mol. The van der Waals surface area contributed by atoms with Crippen LogP contribution in [-0.4, -0.2) is 41.1 Å². The zero-order valence-electron chi connectivity index (χ0n) is 14.8. The zero-order valence-corrected chi connectivity index (χ0v) is 14.8. The molecule has 3 N–H and O–H groups in total. The molecule has 0 atom stereocenters. The van der Waals surface area contributed by atoms with E-state index in [2.05, 4.69) is 15.5 Å². The van der Waals surface area contributed by atoms with Gasteiger partial charge in [0, 0.05) is 31.4 Å². The number of aromatic carboxylic acids is 1. The number of anilines is 1. The van der Waals surface area contributed by atoms with Gasteiger partial charge in [-0.15, -0.1) is 0 Å². The molecule has 3 rings (SSSR count). The first-order valence-electron chi connectivity index (χ1n) is 8.87. The minimum Gasteiger partial charge on any atom is -0.478 e. The number of amides is 2. The number of likely N-dealkylation sites (tertiary alicyclic amines) is 1. The molecule has 1 heterocycles. The number of halogens is 1. The van der Waals surface area contributed by atoms with E-state index in [0.29, 0.717) is 5.69 Å². The molecule has 6 nitrogen and oxygen atoms in total. The number of piperidine rings is 1. The highest BCUT2D eigenvalue weighted by Gasteiger charge is 2.20. The molecule has 7 heteroatoms. The molecule has 0 radical (unpaired) electrons. The summed E-state index contributed by atoms with van der Waals surface area (Å²) in [7, 11) is 0. The number of carboxylic acid groups (broad SMARTS) is 1. The summed E-state index contributed by atoms with van der Waals surface area (Å²) >= 11 is 0. The van der Waals surface area contributed by atoms with Crippen LogP contribution in [0.4, 0.5) is 14.9 Å². The molecule has 1 saturated heterocycles. The molecule has 0 saturated carbocycles. The molecule has 1 aliphatic rings. The lowest BCUT2D eigenvalue weighted by atomic mass is 10.0. The molecule has 2 aromatic rings. The highest BCUT2D eigenvalue weighted by Crippen LogP contribution is 2.15. The van der Waals surface area contributed by atoms with Gasteiger partial charge in [0.15, 0.2) is 0 Å². The molecular formula is C20H22FN3O3. The number of hydrogen-bond acceptors (Lipinski definition) is 3. The Kier molecular flexibility index (Phi) is 6.03. The van der Waals surface area contributed by atoms with Gasteiger partial charge in [0.2, 0.25) is 0 Å². The van der Waals surface area contributed by atoms with Crippen molar-refractivity contribution in [3.63, 3.8) is 0 Å². The summed E-state index contributed by atoms with van der Waals surface area (Å²) in [6.07, 6.45) is 1.67. The van der Waals surface area contributed by atoms with Gasteiger partial charge in [0.25, 0.3) is 0 Å². The Morgan fingerprint density at radius 1 is 1.04 bits per heavy atom. The van der Waals surface area contributed by atoms with Gasteiger partial charge in [0.05, 0.1) is 5.56 Å². The summed E-state index contributed by atoms with van der Waals surface area (Å²) < 4.78 is 12.9. The van der Waals surface area contributed by atoms with Crippen LogP contribution in [0.2, 0.25) is 0 Å². The van der Waals surface area contributed by atoms with Gasteiger partial charge in [-0.25, -0.2) is 14.0 Å². The van der Waals surface area contributed by atoms with Crippen molar-refractivity contribution < 1.29 is 19.1 Å². The van der Waals surface area contributed by atoms with Crippen LogP contribution in [0.15, 0.2) is 48.5 Å². The van der Waals surface area contributed by atoms with Crippen molar-refractivity contribution in [2.45, 2.75) is 25.4 Å². The highest BCUT2D eigenvalue weighted by atomic mass is 19.1. The fourth-order valence-electron chi connectivity index (χ4n) is 3.13. The first-order chi connectivity index (χ1) is 13.0. The maximum atomic E-state index is 12.9. The number of carbonyl (C=O) groups is 2. The minimum atomic E-state index is -0.924. The highest BCUT2D eigenvalue weighted by molar-refractivity contribution is 5.89. The molecule has 27 heavy (non-hydrogen) atoms. The number of carbonyl (C=O) groups excluding carboxylic acids is 1. The van der Waals surface area contributed by atoms with E-state index >= 15 is 0 Å². The molecule has 1 fully saturated rings. The van der Waals surface area contributed by atoms with E-state index in [-0.39, 0.29) is 23.5 Å². The fraction of sp³-hybridized carbons (Fsp3) is 0.300. The number of nitrogens with one attached hydrogen (secondary N) is 2. The minimum absolute atomic E-state index is 0.0936. The normalized spacial score (nSPS) is 15.3. The predicted molar refractivity (Wildman–Crippen MR) is 100 cm³/mol. The zero-order chi connectivity index (χ0) is 19.2. The van der Waals surface area contributed by atoms with E-state index in [0.717, 1.165) is 38.0 Å². The third-order valence-corrected chi connectivity index (χ3v) is 4.63. The van der Waals surface area contributed by atoms with Gasteiger partial charge < -0.3 is 15.7 Å². The average molecular weight is 371 g/mol. The fourth-order valence-corrected chi connectivity index (χ4v) is 3.13.